The molecule has 1 rings (SSSR count). The Morgan fingerprint density at radius 3 is 1.95 bits per heavy atom. The van der Waals surface area contributed by atoms with E-state index in [1.54, 1.807) is 0 Å². The van der Waals surface area contributed by atoms with E-state index in [4.69, 9.17) is 0 Å². The van der Waals surface area contributed by atoms with Crippen molar-refractivity contribution < 1.29 is 4.57 Å². The van der Waals surface area contributed by atoms with E-state index in [2.05, 4.69) is 41.7 Å². The van der Waals surface area contributed by atoms with Crippen LogP contribution in [-0.4, -0.2) is 4.57 Å². The first-order chi connectivity index (χ1) is 9.86. The summed E-state index contributed by atoms with van der Waals surface area (Å²) in [5.41, 5.74) is 0. The fraction of sp³-hybridized carbons (Fsp3) is 0.833. The molecule has 0 saturated carbocycles. The van der Waals surface area contributed by atoms with Crippen molar-refractivity contribution in [1.82, 2.24) is 4.57 Å². The molecular weight excluding hydrogens is 244 g/mol. The molecule has 0 bridgehead atoms. The average molecular weight is 279 g/mol. The van der Waals surface area contributed by atoms with Gasteiger partial charge in [-0.3, -0.25) is 0 Å². The topological polar surface area (TPSA) is 8.81 Å². The molecule has 0 saturated heterocycles. The van der Waals surface area contributed by atoms with Crippen molar-refractivity contribution in [1.29, 1.82) is 0 Å². The van der Waals surface area contributed by atoms with Crippen LogP contribution in [0.25, 0.3) is 0 Å². The molecule has 0 amide bonds. The summed E-state index contributed by atoms with van der Waals surface area (Å²) in [7, 11) is 0. The number of nitrogens with zero attached hydrogens (tertiary/aromatic N) is 2. The van der Waals surface area contributed by atoms with E-state index in [9.17, 15) is 0 Å². The Labute approximate surface area is 126 Å². The first-order valence-corrected chi connectivity index (χ1v) is 8.91. The van der Waals surface area contributed by atoms with Gasteiger partial charge in [0.2, 0.25) is 6.33 Å². The minimum absolute atomic E-state index is 1.14. The normalized spacial score (nSPS) is 11.1. The maximum absolute atomic E-state index is 2.33. The second-order valence-electron chi connectivity index (χ2n) is 6.07. The molecule has 0 unspecified atom stereocenters. The molecule has 0 radical (unpaired) electrons. The van der Waals surface area contributed by atoms with Crippen molar-refractivity contribution >= 4 is 0 Å². The second-order valence-corrected chi connectivity index (χ2v) is 6.07. The zero-order chi connectivity index (χ0) is 14.5. The molecule has 2 heteroatoms. The number of imidazole rings is 1. The highest BCUT2D eigenvalue weighted by molar-refractivity contribution is 4.65. The van der Waals surface area contributed by atoms with Gasteiger partial charge >= 0.3 is 0 Å². The molecule has 20 heavy (non-hydrogen) atoms. The zero-order valence-electron chi connectivity index (χ0n) is 13.8. The van der Waals surface area contributed by atoms with Crippen molar-refractivity contribution in [3.63, 3.8) is 0 Å². The quantitative estimate of drug-likeness (QED) is 0.350. The van der Waals surface area contributed by atoms with Gasteiger partial charge in [-0.15, -0.1) is 0 Å². The summed E-state index contributed by atoms with van der Waals surface area (Å²) in [5.74, 6) is 0. The SMILES string of the molecule is CCCCCCCCCCCC[n+]1ccn(CCC)c1. The molecule has 1 heterocycles. The maximum Gasteiger partial charge on any atom is 0.243 e. The smallest absolute Gasteiger partial charge is 0.237 e. The van der Waals surface area contributed by atoms with Gasteiger partial charge in [0.05, 0.1) is 13.1 Å². The molecule has 0 atom stereocenters. The van der Waals surface area contributed by atoms with Gasteiger partial charge in [-0.25, -0.2) is 9.13 Å². The summed E-state index contributed by atoms with van der Waals surface area (Å²) in [6.45, 7) is 6.85. The number of hydrogen-bond acceptors (Lipinski definition) is 0. The lowest BCUT2D eigenvalue weighted by atomic mass is 10.1. The Kier molecular flexibility index (Phi) is 10.3. The molecule has 1 aromatic rings. The van der Waals surface area contributed by atoms with E-state index >= 15 is 0 Å². The molecule has 0 aromatic carbocycles. The van der Waals surface area contributed by atoms with Crippen molar-refractivity contribution in [3.05, 3.63) is 18.7 Å². The van der Waals surface area contributed by atoms with E-state index in [1.807, 2.05) is 0 Å². The number of hydrogen-bond donors (Lipinski definition) is 0. The predicted octanol–water partition coefficient (Wildman–Crippen LogP) is 5.11. The van der Waals surface area contributed by atoms with Crippen LogP contribution < -0.4 is 4.57 Å². The molecule has 0 aliphatic rings. The van der Waals surface area contributed by atoms with Crippen LogP contribution in [0.4, 0.5) is 0 Å². The third kappa shape index (κ3) is 8.39. The lowest BCUT2D eigenvalue weighted by Gasteiger charge is -2.01. The molecule has 0 spiro atoms. The van der Waals surface area contributed by atoms with E-state index in [1.165, 1.54) is 77.2 Å². The summed E-state index contributed by atoms with van der Waals surface area (Å²) in [6, 6.07) is 0. The van der Waals surface area contributed by atoms with Gasteiger partial charge in [0.1, 0.15) is 12.4 Å². The van der Waals surface area contributed by atoms with Crippen molar-refractivity contribution in [3.8, 4) is 0 Å². The van der Waals surface area contributed by atoms with Crippen LogP contribution >= 0.6 is 0 Å². The monoisotopic (exact) mass is 279 g/mol. The molecule has 0 fully saturated rings. The molecule has 0 aliphatic carbocycles. The standard InChI is InChI=1S/C18H35N2/c1-3-5-6-7-8-9-10-11-12-13-15-20-17-16-19(18-20)14-4-2/h16-18H,3-15H2,1-2H3/q+1. The van der Waals surface area contributed by atoms with Crippen molar-refractivity contribution in [2.24, 2.45) is 0 Å². The van der Waals surface area contributed by atoms with Crippen LogP contribution in [0.5, 0.6) is 0 Å². The lowest BCUT2D eigenvalue weighted by Crippen LogP contribution is -2.30. The highest BCUT2D eigenvalue weighted by atomic mass is 15.1. The van der Waals surface area contributed by atoms with Gasteiger partial charge in [-0.2, -0.15) is 0 Å². The molecular formula is C18H35N2+. The van der Waals surface area contributed by atoms with E-state index in [0.29, 0.717) is 0 Å². The Morgan fingerprint density at radius 2 is 1.35 bits per heavy atom. The van der Waals surface area contributed by atoms with E-state index < -0.39 is 0 Å². The minimum atomic E-state index is 1.14. The van der Waals surface area contributed by atoms with Gasteiger partial charge in [0, 0.05) is 0 Å². The van der Waals surface area contributed by atoms with Crippen LogP contribution in [0.3, 0.4) is 0 Å². The number of unbranched alkanes of at least 4 members (excludes halogenated alkanes) is 9. The molecule has 0 N–H and O–H groups in total. The summed E-state index contributed by atoms with van der Waals surface area (Å²) < 4.78 is 4.62. The molecule has 1 aromatic heterocycles. The van der Waals surface area contributed by atoms with Crippen molar-refractivity contribution in [2.45, 2.75) is 97.6 Å². The van der Waals surface area contributed by atoms with E-state index in [-0.39, 0.29) is 0 Å². The predicted molar refractivity (Wildman–Crippen MR) is 86.8 cm³/mol. The Morgan fingerprint density at radius 1 is 0.750 bits per heavy atom. The molecule has 0 aliphatic heterocycles. The first kappa shape index (κ1) is 17.3. The van der Waals surface area contributed by atoms with Gasteiger partial charge in [0.15, 0.2) is 0 Å². The Bertz CT molecular complexity index is 317. The molecule has 2 nitrogen and oxygen atoms in total. The average Bonchev–Trinajstić information content (AvgIpc) is 2.89. The molecule has 116 valence electrons. The number of aromatic nitrogens is 2. The first-order valence-electron chi connectivity index (χ1n) is 8.91. The summed E-state index contributed by atoms with van der Waals surface area (Å²) in [5, 5.41) is 0. The van der Waals surface area contributed by atoms with Gasteiger partial charge in [-0.1, -0.05) is 65.2 Å². The fourth-order valence-electron chi connectivity index (χ4n) is 2.74. The maximum atomic E-state index is 2.33. The number of rotatable bonds is 13. The summed E-state index contributed by atoms with van der Waals surface area (Å²) >= 11 is 0. The van der Waals surface area contributed by atoms with E-state index in [0.717, 1.165) is 6.54 Å². The van der Waals surface area contributed by atoms with Crippen LogP contribution in [0.15, 0.2) is 18.7 Å². The van der Waals surface area contributed by atoms with Gasteiger partial charge < -0.3 is 0 Å². The van der Waals surface area contributed by atoms with Crippen LogP contribution in [0.1, 0.15) is 84.5 Å². The fourth-order valence-corrected chi connectivity index (χ4v) is 2.74. The van der Waals surface area contributed by atoms with Crippen LogP contribution in [0.2, 0.25) is 0 Å². The van der Waals surface area contributed by atoms with Crippen LogP contribution in [0, 0.1) is 0 Å². The van der Waals surface area contributed by atoms with Gasteiger partial charge in [-0.05, 0) is 19.3 Å². The third-order valence-electron chi connectivity index (χ3n) is 4.00. The summed E-state index contributed by atoms with van der Waals surface area (Å²) in [4.78, 5) is 0. The van der Waals surface area contributed by atoms with Gasteiger partial charge in [0.25, 0.3) is 0 Å². The Balaban J connectivity index is 1.89. The van der Waals surface area contributed by atoms with Crippen molar-refractivity contribution in [2.75, 3.05) is 0 Å². The minimum Gasteiger partial charge on any atom is -0.237 e. The van der Waals surface area contributed by atoms with Crippen LogP contribution in [-0.2, 0) is 13.1 Å². The third-order valence-corrected chi connectivity index (χ3v) is 4.00. The largest absolute Gasteiger partial charge is 0.243 e. The highest BCUT2D eigenvalue weighted by Gasteiger charge is 2.01. The zero-order valence-corrected chi connectivity index (χ0v) is 13.8. The lowest BCUT2D eigenvalue weighted by molar-refractivity contribution is -0.696. The Hall–Kier alpha value is -0.790. The summed E-state index contributed by atoms with van der Waals surface area (Å²) in [6.07, 6.45) is 22.0. The second kappa shape index (κ2) is 12.0. The number of aryl methyl sites for hydroxylation is 2. The highest BCUT2D eigenvalue weighted by Crippen LogP contribution is 2.10.